The standard InChI is InChI=1S/C19H13N5O3/c25-24(26)17-8-4-2-6-15(17)18-10-9-13(27-18)11-22-23-19-14-5-1-3-7-16(14)20-12-21-19/h1-12H,(H,20,21,23)/b22-11-. The van der Waals surface area contributed by atoms with Gasteiger partial charge in [-0.15, -0.1) is 0 Å². The molecule has 2 heterocycles. The molecule has 4 aromatic rings. The molecule has 2 aromatic heterocycles. The summed E-state index contributed by atoms with van der Waals surface area (Å²) < 4.78 is 5.66. The lowest BCUT2D eigenvalue weighted by molar-refractivity contribution is -0.384. The lowest BCUT2D eigenvalue weighted by atomic mass is 10.1. The molecule has 0 aliphatic heterocycles. The molecule has 0 aliphatic carbocycles. The third-order valence-corrected chi connectivity index (χ3v) is 3.90. The van der Waals surface area contributed by atoms with Crippen LogP contribution in [0.15, 0.2) is 76.5 Å². The van der Waals surface area contributed by atoms with Gasteiger partial charge in [0.25, 0.3) is 5.69 Å². The highest BCUT2D eigenvalue weighted by atomic mass is 16.6. The second-order valence-corrected chi connectivity index (χ2v) is 5.59. The second kappa shape index (κ2) is 7.04. The first-order valence-electron chi connectivity index (χ1n) is 8.05. The Labute approximate surface area is 153 Å². The maximum Gasteiger partial charge on any atom is 0.280 e. The Hall–Kier alpha value is -4.07. The molecule has 4 rings (SSSR count). The van der Waals surface area contributed by atoms with Crippen molar-refractivity contribution >= 4 is 28.6 Å². The van der Waals surface area contributed by atoms with Crippen molar-refractivity contribution in [1.29, 1.82) is 0 Å². The van der Waals surface area contributed by atoms with Gasteiger partial charge in [-0.25, -0.2) is 9.97 Å². The predicted molar refractivity (Wildman–Crippen MR) is 102 cm³/mol. The summed E-state index contributed by atoms with van der Waals surface area (Å²) >= 11 is 0. The van der Waals surface area contributed by atoms with Crippen LogP contribution >= 0.6 is 0 Å². The average molecular weight is 359 g/mol. The summed E-state index contributed by atoms with van der Waals surface area (Å²) in [5, 5.41) is 16.1. The molecule has 0 bridgehead atoms. The molecule has 2 aromatic carbocycles. The molecule has 0 amide bonds. The van der Waals surface area contributed by atoms with Gasteiger partial charge >= 0.3 is 0 Å². The van der Waals surface area contributed by atoms with Crippen molar-refractivity contribution < 1.29 is 9.34 Å². The Balaban J connectivity index is 1.55. The Bertz CT molecular complexity index is 1150. The molecule has 132 valence electrons. The number of nitrogens with zero attached hydrogens (tertiary/aromatic N) is 4. The number of fused-ring (bicyclic) bond motifs is 1. The van der Waals surface area contributed by atoms with Crippen molar-refractivity contribution in [2.45, 2.75) is 0 Å². The fraction of sp³-hybridized carbons (Fsp3) is 0. The Morgan fingerprint density at radius 2 is 1.85 bits per heavy atom. The van der Waals surface area contributed by atoms with Crippen molar-refractivity contribution in [2.75, 3.05) is 5.43 Å². The van der Waals surface area contributed by atoms with Gasteiger partial charge in [0.15, 0.2) is 5.82 Å². The third kappa shape index (κ3) is 3.36. The van der Waals surface area contributed by atoms with Crippen LogP contribution in [0.1, 0.15) is 5.76 Å². The second-order valence-electron chi connectivity index (χ2n) is 5.59. The number of nitrogens with one attached hydrogen (secondary N) is 1. The monoisotopic (exact) mass is 359 g/mol. The van der Waals surface area contributed by atoms with E-state index >= 15 is 0 Å². The summed E-state index contributed by atoms with van der Waals surface area (Å²) in [6, 6.07) is 17.4. The number of nitro groups is 1. The van der Waals surface area contributed by atoms with E-state index in [0.29, 0.717) is 22.9 Å². The fourth-order valence-corrected chi connectivity index (χ4v) is 2.66. The predicted octanol–water partition coefficient (Wildman–Crippen LogP) is 4.24. The van der Waals surface area contributed by atoms with Crippen molar-refractivity contribution in [2.24, 2.45) is 5.10 Å². The molecule has 8 heteroatoms. The van der Waals surface area contributed by atoms with Crippen LogP contribution in [-0.2, 0) is 0 Å². The Kier molecular flexibility index (Phi) is 4.28. The van der Waals surface area contributed by atoms with Gasteiger partial charge in [0, 0.05) is 11.5 Å². The number of nitro benzene ring substituents is 1. The summed E-state index contributed by atoms with van der Waals surface area (Å²) in [6.45, 7) is 0. The van der Waals surface area contributed by atoms with Crippen LogP contribution in [0.2, 0.25) is 0 Å². The Morgan fingerprint density at radius 3 is 2.74 bits per heavy atom. The number of anilines is 1. The van der Waals surface area contributed by atoms with Gasteiger partial charge in [0.05, 0.1) is 22.2 Å². The molecule has 1 N–H and O–H groups in total. The number of benzene rings is 2. The minimum atomic E-state index is -0.437. The number of furan rings is 1. The smallest absolute Gasteiger partial charge is 0.280 e. The van der Waals surface area contributed by atoms with Crippen molar-refractivity contribution in [1.82, 2.24) is 9.97 Å². The van der Waals surface area contributed by atoms with Crippen LogP contribution in [0.3, 0.4) is 0 Å². The molecule has 8 nitrogen and oxygen atoms in total. The molecule has 0 fully saturated rings. The van der Waals surface area contributed by atoms with E-state index in [2.05, 4.69) is 20.5 Å². The fourth-order valence-electron chi connectivity index (χ4n) is 2.66. The summed E-state index contributed by atoms with van der Waals surface area (Å²) in [7, 11) is 0. The number of para-hydroxylation sites is 2. The summed E-state index contributed by atoms with van der Waals surface area (Å²) in [4.78, 5) is 19.1. The van der Waals surface area contributed by atoms with Gasteiger partial charge in [0.2, 0.25) is 0 Å². The van der Waals surface area contributed by atoms with Gasteiger partial charge in [-0.05, 0) is 30.3 Å². The van der Waals surface area contributed by atoms with Crippen LogP contribution in [-0.4, -0.2) is 21.1 Å². The molecular formula is C19H13N5O3. The highest BCUT2D eigenvalue weighted by Gasteiger charge is 2.16. The number of hydrogen-bond acceptors (Lipinski definition) is 7. The van der Waals surface area contributed by atoms with E-state index in [0.717, 1.165) is 10.9 Å². The van der Waals surface area contributed by atoms with Gasteiger partial charge in [0.1, 0.15) is 17.8 Å². The van der Waals surface area contributed by atoms with E-state index in [9.17, 15) is 10.1 Å². The van der Waals surface area contributed by atoms with Gasteiger partial charge < -0.3 is 4.42 Å². The largest absolute Gasteiger partial charge is 0.455 e. The van der Waals surface area contributed by atoms with E-state index in [1.165, 1.54) is 18.6 Å². The van der Waals surface area contributed by atoms with Crippen LogP contribution in [0.5, 0.6) is 0 Å². The number of rotatable bonds is 5. The van der Waals surface area contributed by atoms with Crippen molar-refractivity contribution in [3.05, 3.63) is 82.9 Å². The maximum absolute atomic E-state index is 11.2. The molecule has 0 radical (unpaired) electrons. The molecule has 27 heavy (non-hydrogen) atoms. The highest BCUT2D eigenvalue weighted by molar-refractivity contribution is 5.89. The normalized spacial score (nSPS) is 11.1. The SMILES string of the molecule is O=[N+]([O-])c1ccccc1-c1ccc(/C=N\Nc2ncnc3ccccc23)o1. The lowest BCUT2D eigenvalue weighted by Crippen LogP contribution is -1.95. The molecule has 0 saturated heterocycles. The van der Waals surface area contributed by atoms with E-state index in [1.807, 2.05) is 24.3 Å². The summed E-state index contributed by atoms with van der Waals surface area (Å²) in [6.07, 6.45) is 2.94. The third-order valence-electron chi connectivity index (χ3n) is 3.90. The van der Waals surface area contributed by atoms with Crippen molar-refractivity contribution in [3.8, 4) is 11.3 Å². The molecule has 0 atom stereocenters. The molecule has 0 spiro atoms. The number of hydrogen-bond donors (Lipinski definition) is 1. The zero-order chi connectivity index (χ0) is 18.6. The van der Waals surface area contributed by atoms with E-state index in [1.54, 1.807) is 30.3 Å². The highest BCUT2D eigenvalue weighted by Crippen LogP contribution is 2.30. The van der Waals surface area contributed by atoms with Gasteiger partial charge in [-0.3, -0.25) is 15.5 Å². The zero-order valence-corrected chi connectivity index (χ0v) is 13.9. The maximum atomic E-state index is 11.2. The van der Waals surface area contributed by atoms with E-state index < -0.39 is 4.92 Å². The minimum Gasteiger partial charge on any atom is -0.455 e. The minimum absolute atomic E-state index is 0.0130. The van der Waals surface area contributed by atoms with E-state index in [4.69, 9.17) is 4.42 Å². The van der Waals surface area contributed by atoms with Crippen LogP contribution in [0.25, 0.3) is 22.2 Å². The van der Waals surface area contributed by atoms with Crippen LogP contribution in [0, 0.1) is 10.1 Å². The van der Waals surface area contributed by atoms with Gasteiger partial charge in [-0.2, -0.15) is 5.10 Å². The number of hydrazone groups is 1. The topological polar surface area (TPSA) is 106 Å². The van der Waals surface area contributed by atoms with Crippen LogP contribution in [0.4, 0.5) is 11.5 Å². The lowest BCUT2D eigenvalue weighted by Gasteiger charge is -2.02. The zero-order valence-electron chi connectivity index (χ0n) is 13.9. The quantitative estimate of drug-likeness (QED) is 0.324. The number of aromatic nitrogens is 2. The average Bonchev–Trinajstić information content (AvgIpc) is 3.17. The van der Waals surface area contributed by atoms with Crippen LogP contribution < -0.4 is 5.43 Å². The summed E-state index contributed by atoms with van der Waals surface area (Å²) in [5.41, 5.74) is 4.07. The molecule has 0 unspecified atom stereocenters. The first kappa shape index (κ1) is 16.4. The van der Waals surface area contributed by atoms with E-state index in [-0.39, 0.29) is 5.69 Å². The Morgan fingerprint density at radius 1 is 1.04 bits per heavy atom. The first-order valence-corrected chi connectivity index (χ1v) is 8.05. The van der Waals surface area contributed by atoms with Crippen molar-refractivity contribution in [3.63, 3.8) is 0 Å². The molecule has 0 aliphatic rings. The summed E-state index contributed by atoms with van der Waals surface area (Å²) in [5.74, 6) is 1.42. The molecular weight excluding hydrogens is 346 g/mol. The first-order chi connectivity index (χ1) is 13.2. The molecule has 0 saturated carbocycles. The van der Waals surface area contributed by atoms with Gasteiger partial charge in [-0.1, -0.05) is 24.3 Å².